The van der Waals surface area contributed by atoms with E-state index in [1.807, 2.05) is 67.5 Å². The monoisotopic (exact) mass is 822 g/mol. The zero-order chi connectivity index (χ0) is 28.6. The molecule has 0 saturated heterocycles. The minimum Gasteiger partial charge on any atom is -2.00 e. The molecule has 0 fully saturated rings. The van der Waals surface area contributed by atoms with E-state index in [9.17, 15) is 9.59 Å². The van der Waals surface area contributed by atoms with E-state index < -0.39 is 10.2 Å². The van der Waals surface area contributed by atoms with Crippen LogP contribution in [0.3, 0.4) is 0 Å². The van der Waals surface area contributed by atoms with Gasteiger partial charge in [-0.05, 0) is 67.5 Å². The number of amides is 2. The van der Waals surface area contributed by atoms with Crippen molar-refractivity contribution < 1.29 is 72.8 Å². The van der Waals surface area contributed by atoms with E-state index in [-0.39, 0.29) is 65.1 Å². The van der Waals surface area contributed by atoms with Gasteiger partial charge < -0.3 is 62.3 Å². The van der Waals surface area contributed by atoms with Gasteiger partial charge in [0, 0.05) is 68.7 Å². The second kappa shape index (κ2) is 28.2. The van der Waals surface area contributed by atoms with E-state index in [4.69, 9.17) is 30.6 Å². The van der Waals surface area contributed by atoms with Crippen molar-refractivity contribution in [3.8, 4) is 0 Å². The topological polar surface area (TPSA) is 332 Å². The van der Waals surface area contributed by atoms with Gasteiger partial charge in [-0.3, -0.25) is 0 Å². The smallest absolute Gasteiger partial charge is 0.344 e. The first-order valence-corrected chi connectivity index (χ1v) is 10.9. The number of hydrogen-bond donors (Lipinski definition) is 0. The Morgan fingerprint density at radius 1 is 0.683 bits per heavy atom. The first kappa shape index (κ1) is 53.8. The Morgan fingerprint density at radius 3 is 1.00 bits per heavy atom. The summed E-state index contributed by atoms with van der Waals surface area (Å²) in [7, 11) is 0. The molecule has 0 aromatic carbocycles. The molecule has 2 aromatic rings. The van der Waals surface area contributed by atoms with Gasteiger partial charge in [-0.2, -0.15) is 19.6 Å². The Hall–Kier alpha value is -3.35. The summed E-state index contributed by atoms with van der Waals surface area (Å²) < 4.78 is 2.92. The van der Waals surface area contributed by atoms with Crippen LogP contribution in [0.1, 0.15) is 50.5 Å². The Bertz CT molecular complexity index is 909. The number of nitrogens with zero attached hydrogens (tertiary/aromatic N) is 8. The summed E-state index contributed by atoms with van der Waals surface area (Å²) >= 11 is 0. The second-order valence-electron chi connectivity index (χ2n) is 7.03. The van der Waals surface area contributed by atoms with Crippen LogP contribution in [0.25, 0.3) is 0 Å². The molecule has 2 heterocycles. The molecule has 0 unspecified atom stereocenters. The predicted molar refractivity (Wildman–Crippen MR) is 143 cm³/mol. The maximum absolute atomic E-state index is 11.9. The minimum atomic E-state index is -1.75. The molecule has 240 valence electrons. The molecule has 0 saturated carbocycles. The van der Waals surface area contributed by atoms with Crippen LogP contribution in [-0.2, 0) is 21.9 Å². The molecule has 0 aliphatic carbocycles. The molecule has 6 N–H and O–H groups in total. The SMILES string of the molecule is CCN(CC)C(=O)n1nc(C)cc1C.CCN(CC)C(=O)n1nc(C)cc1C.O=[N+]([O-])[O-].O=[N+]([O-])[O-].[O-2].[O-2].[OH3+].[OH3+].[U]. The molecule has 21 heteroatoms. The fraction of sp³-hybridized carbons (Fsp3) is 0.600. The third-order valence-corrected chi connectivity index (χ3v) is 4.45. The zero-order valence-corrected chi connectivity index (χ0v) is 28.5. The minimum absolute atomic E-state index is 0. The molecule has 0 aliphatic rings. The summed E-state index contributed by atoms with van der Waals surface area (Å²) in [5, 5.41) is 37.8. The predicted octanol–water partition coefficient (Wildman–Crippen LogP) is 1.06. The van der Waals surface area contributed by atoms with Crippen molar-refractivity contribution in [1.82, 2.24) is 29.4 Å². The number of hydrogen-bond acceptors (Lipinski definition) is 10. The number of carbonyl (C=O) groups is 2. The summed E-state index contributed by atoms with van der Waals surface area (Å²) in [5.74, 6) is 0. The van der Waals surface area contributed by atoms with Crippen LogP contribution >= 0.6 is 0 Å². The maximum Gasteiger partial charge on any atom is 0.344 e. The molecule has 0 atom stereocenters. The van der Waals surface area contributed by atoms with Gasteiger partial charge in [0.2, 0.25) is 0 Å². The Labute approximate surface area is 260 Å². The van der Waals surface area contributed by atoms with Crippen molar-refractivity contribution in [2.45, 2.75) is 55.4 Å². The van der Waals surface area contributed by atoms with Gasteiger partial charge in [0.15, 0.2) is 0 Å². The molecule has 20 nitrogen and oxygen atoms in total. The van der Waals surface area contributed by atoms with Crippen LogP contribution in [0.15, 0.2) is 12.1 Å². The third-order valence-electron chi connectivity index (χ3n) is 4.45. The number of aryl methyl sites for hydroxylation is 4. The number of aromatic nitrogens is 4. The van der Waals surface area contributed by atoms with Crippen LogP contribution in [0.5, 0.6) is 0 Å². The Kier molecular flexibility index (Phi) is 37.0. The Balaban J connectivity index is -0.0000000815. The molecule has 2 rings (SSSR count). The van der Waals surface area contributed by atoms with Gasteiger partial charge in [0.1, 0.15) is 0 Å². The van der Waals surface area contributed by atoms with Crippen LogP contribution in [0.2, 0.25) is 0 Å². The van der Waals surface area contributed by atoms with Crippen molar-refractivity contribution in [2.75, 3.05) is 26.2 Å². The average molecular weight is 823 g/mol. The van der Waals surface area contributed by atoms with Crippen molar-refractivity contribution >= 4 is 12.1 Å². The van der Waals surface area contributed by atoms with Crippen LogP contribution in [0.4, 0.5) is 9.59 Å². The van der Waals surface area contributed by atoms with Gasteiger partial charge >= 0.3 is 12.1 Å². The maximum atomic E-state index is 11.9. The van der Waals surface area contributed by atoms with E-state index in [0.29, 0.717) is 26.2 Å². The van der Waals surface area contributed by atoms with Gasteiger partial charge in [-0.25, -0.2) is 9.59 Å². The second-order valence-corrected chi connectivity index (χ2v) is 7.03. The van der Waals surface area contributed by atoms with Gasteiger partial charge in [-0.15, -0.1) is 0 Å². The summed E-state index contributed by atoms with van der Waals surface area (Å²) in [6.07, 6.45) is 0. The molecule has 0 bridgehead atoms. The summed E-state index contributed by atoms with van der Waals surface area (Å²) in [6, 6.07) is 3.73. The van der Waals surface area contributed by atoms with Crippen LogP contribution in [0, 0.1) is 89.5 Å². The van der Waals surface area contributed by atoms with E-state index in [1.165, 1.54) is 9.36 Å². The standard InChI is InChI=1S/2C10H17N3O.2NO3.2H2O.2O.U/c2*1-5-12(6-2)10(14)13-9(4)7-8(3)11-13;2*2-1(3)4;;;;;/h2*7H,5-6H2,1-4H3;;;2*1H2;;;/q;;2*-1;;;2*-2;/p+2. The number of rotatable bonds is 4. The summed E-state index contributed by atoms with van der Waals surface area (Å²) in [4.78, 5) is 43.7. The zero-order valence-electron chi connectivity index (χ0n) is 24.3. The normalized spacial score (nSPS) is 8.20. The largest absolute Gasteiger partial charge is 2.00 e. The molecule has 0 radical (unpaired) electrons. The van der Waals surface area contributed by atoms with E-state index in [1.54, 1.807) is 9.80 Å². The molecular weight excluding hydrogens is 782 g/mol. The van der Waals surface area contributed by atoms with Gasteiger partial charge in [0.25, 0.3) is 0 Å². The quantitative estimate of drug-likeness (QED) is 0.240. The van der Waals surface area contributed by atoms with E-state index in [2.05, 4.69) is 10.2 Å². The molecule has 0 spiro atoms. The molecule has 41 heavy (non-hydrogen) atoms. The fourth-order valence-electron chi connectivity index (χ4n) is 2.90. The first-order valence-electron chi connectivity index (χ1n) is 10.9. The van der Waals surface area contributed by atoms with Gasteiger partial charge in [0.05, 0.1) is 21.6 Å². The molecule has 0 aliphatic heterocycles. The summed E-state index contributed by atoms with van der Waals surface area (Å²) in [6.45, 7) is 18.3. The van der Waals surface area contributed by atoms with Crippen LogP contribution in [-0.4, -0.2) is 77.8 Å². The molecule has 2 amide bonds. The van der Waals surface area contributed by atoms with Crippen molar-refractivity contribution in [2.24, 2.45) is 0 Å². The number of carbonyl (C=O) groups excluding carboxylic acids is 2. The molecule has 2 aromatic heterocycles. The average Bonchev–Trinajstić information content (AvgIpc) is 3.28. The summed E-state index contributed by atoms with van der Waals surface area (Å²) in [5.41, 5.74) is 3.53. The van der Waals surface area contributed by atoms with Gasteiger partial charge in [-0.1, -0.05) is 0 Å². The van der Waals surface area contributed by atoms with E-state index in [0.717, 1.165) is 22.8 Å². The van der Waals surface area contributed by atoms with E-state index >= 15 is 0 Å². The Morgan fingerprint density at radius 2 is 0.878 bits per heavy atom. The van der Waals surface area contributed by atoms with Crippen molar-refractivity contribution in [3.63, 3.8) is 0 Å². The van der Waals surface area contributed by atoms with Crippen molar-refractivity contribution in [3.05, 3.63) is 65.6 Å². The van der Waals surface area contributed by atoms with Crippen molar-refractivity contribution in [1.29, 1.82) is 0 Å². The molecular formula is C20H40N8O12U-4. The third kappa shape index (κ3) is 22.1. The fourth-order valence-corrected chi connectivity index (χ4v) is 2.90. The first-order chi connectivity index (χ1) is 16.7. The van der Waals surface area contributed by atoms with Crippen LogP contribution < -0.4 is 0 Å².